The molecule has 0 N–H and O–H groups in total. The van der Waals surface area contributed by atoms with Crippen LogP contribution in [0.1, 0.15) is 17.5 Å². The number of allylic oxidation sites excluding steroid dienone is 1. The number of carbonyl (C=O) groups is 1. The fourth-order valence-electron chi connectivity index (χ4n) is 2.16. The van der Waals surface area contributed by atoms with Gasteiger partial charge in [-0.25, -0.2) is 0 Å². The normalized spacial score (nSPS) is 23.6. The van der Waals surface area contributed by atoms with E-state index in [0.29, 0.717) is 6.42 Å². The van der Waals surface area contributed by atoms with Gasteiger partial charge in [-0.15, -0.1) is 0 Å². The van der Waals surface area contributed by atoms with Gasteiger partial charge in [0.05, 0.1) is 6.42 Å². The molecule has 1 atom stereocenters. The fraction of sp³-hybridized carbons (Fsp3) is 0.250. The molecule has 2 nitrogen and oxygen atoms in total. The van der Waals surface area contributed by atoms with Gasteiger partial charge in [0.1, 0.15) is 5.76 Å². The van der Waals surface area contributed by atoms with Crippen LogP contribution in [0.2, 0.25) is 0 Å². The van der Waals surface area contributed by atoms with Gasteiger partial charge in [0.15, 0.2) is 0 Å². The lowest BCUT2D eigenvalue weighted by Gasteiger charge is -2.17. The summed E-state index contributed by atoms with van der Waals surface area (Å²) in [6.07, 6.45) is 3.47. The van der Waals surface area contributed by atoms with Crippen molar-refractivity contribution in [1.82, 2.24) is 0 Å². The van der Waals surface area contributed by atoms with E-state index in [1.807, 2.05) is 18.2 Å². The molecule has 1 aliphatic heterocycles. The number of esters is 1. The third-order valence-corrected chi connectivity index (χ3v) is 2.87. The largest absolute Gasteiger partial charge is 0.431 e. The first kappa shape index (κ1) is 7.80. The summed E-state index contributed by atoms with van der Waals surface area (Å²) < 4.78 is 5.14. The van der Waals surface area contributed by atoms with Crippen LogP contribution in [-0.2, 0) is 16.0 Å². The second kappa shape index (κ2) is 2.71. The quantitative estimate of drug-likeness (QED) is 0.580. The van der Waals surface area contributed by atoms with E-state index in [0.717, 1.165) is 12.2 Å². The standard InChI is InChI=1S/C12H10O2/c13-12-7-10-5-8-3-1-2-4-9(8)6-11(10)14-12/h1-4,6,10H,5,7H2. The van der Waals surface area contributed by atoms with E-state index in [9.17, 15) is 4.79 Å². The number of rotatable bonds is 0. The molecule has 0 aromatic heterocycles. The maximum atomic E-state index is 11.1. The van der Waals surface area contributed by atoms with E-state index < -0.39 is 0 Å². The Bertz CT molecular complexity index is 432. The van der Waals surface area contributed by atoms with Gasteiger partial charge < -0.3 is 4.74 Å². The first-order valence-corrected chi connectivity index (χ1v) is 4.83. The van der Waals surface area contributed by atoms with E-state index in [-0.39, 0.29) is 11.9 Å². The Kier molecular flexibility index (Phi) is 1.51. The molecule has 1 aromatic rings. The van der Waals surface area contributed by atoms with Gasteiger partial charge in [-0.05, 0) is 23.6 Å². The minimum absolute atomic E-state index is 0.0888. The maximum absolute atomic E-state index is 11.1. The second-order valence-corrected chi connectivity index (χ2v) is 3.82. The SMILES string of the molecule is O=C1CC2Cc3ccccc3C=C2O1. The smallest absolute Gasteiger partial charge is 0.311 e. The molecule has 0 amide bonds. The van der Waals surface area contributed by atoms with Crippen LogP contribution in [0.4, 0.5) is 0 Å². The summed E-state index contributed by atoms with van der Waals surface area (Å²) in [6, 6.07) is 8.22. The lowest BCUT2D eigenvalue weighted by Crippen LogP contribution is -2.08. The van der Waals surface area contributed by atoms with Crippen LogP contribution in [0.5, 0.6) is 0 Å². The lowest BCUT2D eigenvalue weighted by molar-refractivity contribution is -0.135. The number of hydrogen-bond donors (Lipinski definition) is 0. The van der Waals surface area contributed by atoms with Crippen LogP contribution in [0.3, 0.4) is 0 Å². The molecule has 2 heteroatoms. The molecule has 0 saturated carbocycles. The minimum Gasteiger partial charge on any atom is -0.431 e. The van der Waals surface area contributed by atoms with Gasteiger partial charge in [0.2, 0.25) is 0 Å². The van der Waals surface area contributed by atoms with Gasteiger partial charge in [-0.2, -0.15) is 0 Å². The highest BCUT2D eigenvalue weighted by atomic mass is 16.5. The van der Waals surface area contributed by atoms with Crippen molar-refractivity contribution in [1.29, 1.82) is 0 Å². The topological polar surface area (TPSA) is 26.3 Å². The second-order valence-electron chi connectivity index (χ2n) is 3.82. The Balaban J connectivity index is 2.07. The average Bonchev–Trinajstić information content (AvgIpc) is 2.53. The summed E-state index contributed by atoms with van der Waals surface area (Å²) in [5.74, 6) is 1.06. The molecular formula is C12H10O2. The lowest BCUT2D eigenvalue weighted by atomic mass is 9.88. The van der Waals surface area contributed by atoms with E-state index in [2.05, 4.69) is 12.1 Å². The van der Waals surface area contributed by atoms with Crippen LogP contribution >= 0.6 is 0 Å². The van der Waals surface area contributed by atoms with Crippen molar-refractivity contribution in [2.24, 2.45) is 5.92 Å². The number of carbonyl (C=O) groups excluding carboxylic acids is 1. The van der Waals surface area contributed by atoms with Crippen LogP contribution < -0.4 is 0 Å². The van der Waals surface area contributed by atoms with Crippen molar-refractivity contribution in [3.05, 3.63) is 41.2 Å². The molecule has 1 aliphatic carbocycles. The van der Waals surface area contributed by atoms with Crippen LogP contribution in [0, 0.1) is 5.92 Å². The molecule has 3 rings (SSSR count). The third-order valence-electron chi connectivity index (χ3n) is 2.87. The molecule has 1 heterocycles. The molecule has 1 unspecified atom stereocenters. The monoisotopic (exact) mass is 186 g/mol. The Hall–Kier alpha value is -1.57. The van der Waals surface area contributed by atoms with E-state index in [4.69, 9.17) is 4.74 Å². The van der Waals surface area contributed by atoms with Crippen molar-refractivity contribution in [3.63, 3.8) is 0 Å². The zero-order valence-corrected chi connectivity index (χ0v) is 7.69. The summed E-state index contributed by atoms with van der Waals surface area (Å²) >= 11 is 0. The molecule has 0 spiro atoms. The highest BCUT2D eigenvalue weighted by Crippen LogP contribution is 2.35. The molecule has 1 aromatic carbocycles. The van der Waals surface area contributed by atoms with Crippen LogP contribution in [-0.4, -0.2) is 5.97 Å². The number of ether oxygens (including phenoxy) is 1. The Labute approximate surface area is 82.2 Å². The highest BCUT2D eigenvalue weighted by Gasteiger charge is 2.32. The predicted octanol–water partition coefficient (Wildman–Crippen LogP) is 2.15. The Morgan fingerprint density at radius 2 is 2.07 bits per heavy atom. The number of hydrogen-bond acceptors (Lipinski definition) is 2. The van der Waals surface area contributed by atoms with Crippen molar-refractivity contribution < 1.29 is 9.53 Å². The first-order valence-electron chi connectivity index (χ1n) is 4.83. The summed E-state index contributed by atoms with van der Waals surface area (Å²) in [6.45, 7) is 0. The van der Waals surface area contributed by atoms with E-state index in [1.165, 1.54) is 11.1 Å². The number of benzene rings is 1. The van der Waals surface area contributed by atoms with Gasteiger partial charge in [0.25, 0.3) is 0 Å². The molecule has 0 bridgehead atoms. The van der Waals surface area contributed by atoms with E-state index in [1.54, 1.807) is 0 Å². The summed E-state index contributed by atoms with van der Waals surface area (Å²) in [5, 5.41) is 0. The molecule has 14 heavy (non-hydrogen) atoms. The van der Waals surface area contributed by atoms with Gasteiger partial charge >= 0.3 is 5.97 Å². The molecular weight excluding hydrogens is 176 g/mol. The Morgan fingerprint density at radius 1 is 1.21 bits per heavy atom. The third kappa shape index (κ3) is 1.07. The van der Waals surface area contributed by atoms with Crippen molar-refractivity contribution in [2.75, 3.05) is 0 Å². The highest BCUT2D eigenvalue weighted by molar-refractivity contribution is 5.77. The fourth-order valence-corrected chi connectivity index (χ4v) is 2.16. The molecule has 0 radical (unpaired) electrons. The minimum atomic E-state index is -0.0888. The van der Waals surface area contributed by atoms with Gasteiger partial charge in [-0.1, -0.05) is 24.3 Å². The Morgan fingerprint density at radius 3 is 3.00 bits per heavy atom. The molecule has 70 valence electrons. The summed E-state index contributed by atoms with van der Waals surface area (Å²) in [7, 11) is 0. The van der Waals surface area contributed by atoms with Gasteiger partial charge in [0, 0.05) is 5.92 Å². The number of fused-ring (bicyclic) bond motifs is 2. The van der Waals surface area contributed by atoms with Crippen molar-refractivity contribution in [2.45, 2.75) is 12.8 Å². The predicted molar refractivity (Wildman–Crippen MR) is 52.3 cm³/mol. The van der Waals surface area contributed by atoms with Crippen LogP contribution in [0.25, 0.3) is 6.08 Å². The average molecular weight is 186 g/mol. The first-order chi connectivity index (χ1) is 6.83. The summed E-state index contributed by atoms with van der Waals surface area (Å²) in [5.41, 5.74) is 2.51. The van der Waals surface area contributed by atoms with Crippen LogP contribution in [0.15, 0.2) is 30.0 Å². The van der Waals surface area contributed by atoms with E-state index >= 15 is 0 Å². The molecule has 1 saturated heterocycles. The maximum Gasteiger partial charge on any atom is 0.311 e. The van der Waals surface area contributed by atoms with Crippen molar-refractivity contribution in [3.8, 4) is 0 Å². The van der Waals surface area contributed by atoms with Gasteiger partial charge in [-0.3, -0.25) is 4.79 Å². The zero-order valence-electron chi connectivity index (χ0n) is 7.69. The zero-order chi connectivity index (χ0) is 9.54. The molecule has 2 aliphatic rings. The van der Waals surface area contributed by atoms with Crippen molar-refractivity contribution >= 4 is 12.0 Å². The molecule has 1 fully saturated rings. The summed E-state index contributed by atoms with van der Waals surface area (Å²) in [4.78, 5) is 11.1.